The second kappa shape index (κ2) is 5.33. The zero-order chi connectivity index (χ0) is 13.1. The van der Waals surface area contributed by atoms with Gasteiger partial charge in [0.15, 0.2) is 0 Å². The molecular weight excluding hydrogens is 218 g/mol. The summed E-state index contributed by atoms with van der Waals surface area (Å²) in [4.78, 5) is 13.5. The van der Waals surface area contributed by atoms with Gasteiger partial charge in [0.2, 0.25) is 5.91 Å². The van der Waals surface area contributed by atoms with E-state index in [9.17, 15) is 4.79 Å². The molecular formula is C12H25N3O2. The van der Waals surface area contributed by atoms with Crippen LogP contribution in [0.3, 0.4) is 0 Å². The Morgan fingerprint density at radius 2 is 2.18 bits per heavy atom. The lowest BCUT2D eigenvalue weighted by molar-refractivity contribution is -0.122. The zero-order valence-corrected chi connectivity index (χ0v) is 11.2. The van der Waals surface area contributed by atoms with Gasteiger partial charge in [-0.15, -0.1) is 0 Å². The van der Waals surface area contributed by atoms with Gasteiger partial charge in [-0.1, -0.05) is 0 Å². The quantitative estimate of drug-likeness (QED) is 0.716. The molecule has 100 valence electrons. The van der Waals surface area contributed by atoms with Crippen LogP contribution in [0.15, 0.2) is 0 Å². The summed E-state index contributed by atoms with van der Waals surface area (Å²) in [5.41, 5.74) is 10.2. The molecule has 1 amide bonds. The molecule has 1 saturated heterocycles. The van der Waals surface area contributed by atoms with Gasteiger partial charge in [-0.25, -0.2) is 0 Å². The molecule has 0 bridgehead atoms. The average Bonchev–Trinajstić information content (AvgIpc) is 2.20. The predicted octanol–water partition coefficient (Wildman–Crippen LogP) is 0.0801. The Hall–Kier alpha value is -0.650. The van der Waals surface area contributed by atoms with Gasteiger partial charge in [0.1, 0.15) is 0 Å². The molecule has 1 rings (SSSR count). The van der Waals surface area contributed by atoms with Crippen molar-refractivity contribution in [2.75, 3.05) is 26.3 Å². The van der Waals surface area contributed by atoms with E-state index in [-0.39, 0.29) is 5.54 Å². The Morgan fingerprint density at radius 3 is 2.71 bits per heavy atom. The van der Waals surface area contributed by atoms with Gasteiger partial charge in [-0.05, 0) is 40.2 Å². The van der Waals surface area contributed by atoms with Crippen molar-refractivity contribution in [3.05, 3.63) is 0 Å². The van der Waals surface area contributed by atoms with Crippen molar-refractivity contribution in [3.8, 4) is 0 Å². The molecule has 1 aliphatic heterocycles. The molecule has 5 nitrogen and oxygen atoms in total. The smallest absolute Gasteiger partial charge is 0.237 e. The van der Waals surface area contributed by atoms with Crippen LogP contribution in [-0.2, 0) is 9.53 Å². The first-order valence-electron chi connectivity index (χ1n) is 6.17. The second-order valence-corrected chi connectivity index (χ2v) is 5.74. The average molecular weight is 243 g/mol. The number of amides is 1. The molecule has 1 aliphatic rings. The minimum Gasteiger partial charge on any atom is -0.378 e. The highest BCUT2D eigenvalue weighted by Gasteiger charge is 2.31. The lowest BCUT2D eigenvalue weighted by Crippen LogP contribution is -2.54. The molecule has 0 spiro atoms. The SMILES string of the molecule is CC(N)(CCCN1CCOCC1(C)C)C(N)=O. The Morgan fingerprint density at radius 1 is 1.53 bits per heavy atom. The van der Waals surface area contributed by atoms with Crippen molar-refractivity contribution in [1.82, 2.24) is 4.90 Å². The molecule has 17 heavy (non-hydrogen) atoms. The van der Waals surface area contributed by atoms with Crippen LogP contribution in [-0.4, -0.2) is 48.2 Å². The fraction of sp³-hybridized carbons (Fsp3) is 0.917. The van der Waals surface area contributed by atoms with Gasteiger partial charge >= 0.3 is 0 Å². The number of rotatable bonds is 5. The Bertz CT molecular complexity index is 277. The highest BCUT2D eigenvalue weighted by molar-refractivity contribution is 5.83. The summed E-state index contributed by atoms with van der Waals surface area (Å²) in [5, 5.41) is 0. The van der Waals surface area contributed by atoms with Crippen LogP contribution in [0.2, 0.25) is 0 Å². The van der Waals surface area contributed by atoms with Crippen molar-refractivity contribution in [2.45, 2.75) is 44.7 Å². The van der Waals surface area contributed by atoms with E-state index in [1.54, 1.807) is 6.92 Å². The number of nitrogens with two attached hydrogens (primary N) is 2. The number of carbonyl (C=O) groups excluding carboxylic acids is 1. The number of primary amides is 1. The second-order valence-electron chi connectivity index (χ2n) is 5.74. The standard InChI is InChI=1S/C12H25N3O2/c1-11(2)9-17-8-7-15(11)6-4-5-12(3,14)10(13)16/h4-9,14H2,1-3H3,(H2,13,16). The van der Waals surface area contributed by atoms with Crippen LogP contribution in [0.5, 0.6) is 0 Å². The number of hydrogen-bond donors (Lipinski definition) is 2. The Balaban J connectivity index is 2.38. The zero-order valence-electron chi connectivity index (χ0n) is 11.2. The first-order valence-corrected chi connectivity index (χ1v) is 6.17. The molecule has 0 saturated carbocycles. The van der Waals surface area contributed by atoms with Crippen molar-refractivity contribution in [3.63, 3.8) is 0 Å². The van der Waals surface area contributed by atoms with Crippen LogP contribution in [0.1, 0.15) is 33.6 Å². The summed E-state index contributed by atoms with van der Waals surface area (Å²) in [7, 11) is 0. The van der Waals surface area contributed by atoms with Crippen molar-refractivity contribution >= 4 is 5.91 Å². The van der Waals surface area contributed by atoms with Crippen LogP contribution < -0.4 is 11.5 Å². The third-order valence-corrected chi connectivity index (χ3v) is 3.50. The summed E-state index contributed by atoms with van der Waals surface area (Å²) in [6.07, 6.45) is 1.50. The maximum atomic E-state index is 11.1. The first-order chi connectivity index (χ1) is 7.76. The van der Waals surface area contributed by atoms with Gasteiger partial charge in [0.25, 0.3) is 0 Å². The largest absolute Gasteiger partial charge is 0.378 e. The number of nitrogens with zero attached hydrogens (tertiary/aromatic N) is 1. The summed E-state index contributed by atoms with van der Waals surface area (Å²) in [5.74, 6) is -0.432. The van der Waals surface area contributed by atoms with Crippen LogP contribution in [0.4, 0.5) is 0 Å². The first kappa shape index (κ1) is 14.4. The van der Waals surface area contributed by atoms with Gasteiger partial charge in [0, 0.05) is 12.1 Å². The van der Waals surface area contributed by atoms with Crippen LogP contribution >= 0.6 is 0 Å². The van der Waals surface area contributed by atoms with E-state index in [2.05, 4.69) is 18.7 Å². The highest BCUT2D eigenvalue weighted by Crippen LogP contribution is 2.20. The third kappa shape index (κ3) is 3.94. The summed E-state index contributed by atoms with van der Waals surface area (Å²) in [6, 6.07) is 0. The van der Waals surface area contributed by atoms with Crippen molar-refractivity contribution in [1.29, 1.82) is 0 Å². The van der Waals surface area contributed by atoms with Gasteiger partial charge in [0.05, 0.1) is 18.8 Å². The highest BCUT2D eigenvalue weighted by atomic mass is 16.5. The molecule has 0 aliphatic carbocycles. The molecule has 1 fully saturated rings. The molecule has 4 N–H and O–H groups in total. The predicted molar refractivity (Wildman–Crippen MR) is 67.5 cm³/mol. The fourth-order valence-corrected chi connectivity index (χ4v) is 2.07. The number of hydrogen-bond acceptors (Lipinski definition) is 4. The summed E-state index contributed by atoms with van der Waals surface area (Å²) in [6.45, 7) is 9.42. The van der Waals surface area contributed by atoms with E-state index in [0.29, 0.717) is 6.42 Å². The van der Waals surface area contributed by atoms with Crippen LogP contribution in [0, 0.1) is 0 Å². The van der Waals surface area contributed by atoms with Crippen molar-refractivity contribution in [2.24, 2.45) is 11.5 Å². The summed E-state index contributed by atoms with van der Waals surface area (Å²) >= 11 is 0. The normalized spacial score (nSPS) is 24.2. The van der Waals surface area contributed by atoms with Crippen molar-refractivity contribution < 1.29 is 9.53 Å². The van der Waals surface area contributed by atoms with Gasteiger partial charge < -0.3 is 16.2 Å². The van der Waals surface area contributed by atoms with Gasteiger partial charge in [-0.3, -0.25) is 9.69 Å². The lowest BCUT2D eigenvalue weighted by atomic mass is 9.95. The maximum Gasteiger partial charge on any atom is 0.237 e. The third-order valence-electron chi connectivity index (χ3n) is 3.50. The fourth-order valence-electron chi connectivity index (χ4n) is 2.07. The van der Waals surface area contributed by atoms with E-state index < -0.39 is 11.4 Å². The molecule has 0 aromatic carbocycles. The molecule has 1 unspecified atom stereocenters. The minimum absolute atomic E-state index is 0.0654. The minimum atomic E-state index is -0.892. The van der Waals surface area contributed by atoms with E-state index in [4.69, 9.17) is 16.2 Å². The number of carbonyl (C=O) groups is 1. The van der Waals surface area contributed by atoms with Crippen LogP contribution in [0.25, 0.3) is 0 Å². The molecule has 0 radical (unpaired) electrons. The summed E-state index contributed by atoms with van der Waals surface area (Å²) < 4.78 is 5.46. The molecule has 5 heteroatoms. The van der Waals surface area contributed by atoms with E-state index in [1.807, 2.05) is 0 Å². The van der Waals surface area contributed by atoms with E-state index >= 15 is 0 Å². The topological polar surface area (TPSA) is 81.6 Å². The Labute approximate surface area is 103 Å². The number of ether oxygens (including phenoxy) is 1. The lowest BCUT2D eigenvalue weighted by Gasteiger charge is -2.42. The van der Waals surface area contributed by atoms with Gasteiger partial charge in [-0.2, -0.15) is 0 Å². The maximum absolute atomic E-state index is 11.1. The molecule has 1 atom stereocenters. The van der Waals surface area contributed by atoms with E-state index in [0.717, 1.165) is 32.7 Å². The van der Waals surface area contributed by atoms with E-state index in [1.165, 1.54) is 0 Å². The molecule has 0 aromatic rings. The monoisotopic (exact) mass is 243 g/mol. The Kier molecular flexibility index (Phi) is 4.52. The number of morpholine rings is 1. The molecule has 1 heterocycles. The molecule has 0 aromatic heterocycles.